The molecule has 0 amide bonds. The molecule has 3 nitrogen and oxygen atoms in total. The van der Waals surface area contributed by atoms with Gasteiger partial charge in [-0.1, -0.05) is 11.6 Å². The summed E-state index contributed by atoms with van der Waals surface area (Å²) in [6.07, 6.45) is 2.33. The topological polar surface area (TPSA) is 29.5 Å². The van der Waals surface area contributed by atoms with Crippen LogP contribution < -0.4 is 4.74 Å². The number of benzene rings is 1. The van der Waals surface area contributed by atoms with Gasteiger partial charge < -0.3 is 9.64 Å². The molecule has 0 N–H and O–H groups in total. The van der Waals surface area contributed by atoms with Crippen LogP contribution in [0.5, 0.6) is 5.75 Å². The highest BCUT2D eigenvalue weighted by Gasteiger charge is 2.11. The van der Waals surface area contributed by atoms with Gasteiger partial charge in [-0.25, -0.2) is 0 Å². The third-order valence-corrected chi connectivity index (χ3v) is 3.03. The first-order valence-corrected chi connectivity index (χ1v) is 6.16. The Hall–Kier alpha value is -1.95. The molecule has 0 aromatic heterocycles. The molecule has 1 aromatic rings. The van der Waals surface area contributed by atoms with Gasteiger partial charge in [0.05, 0.1) is 12.7 Å². The molecular weight excluding hydrogens is 226 g/mol. The number of likely N-dealkylation sites (tertiary alicyclic amines) is 1. The van der Waals surface area contributed by atoms with E-state index in [-0.39, 0.29) is 5.78 Å². The van der Waals surface area contributed by atoms with Crippen molar-refractivity contribution >= 4 is 5.78 Å². The fraction of sp³-hybridized carbons (Fsp3) is 0.400. The van der Waals surface area contributed by atoms with Gasteiger partial charge in [-0.3, -0.25) is 4.79 Å². The maximum Gasteiger partial charge on any atom is 0.241 e. The monoisotopic (exact) mass is 243 g/mol. The first-order valence-electron chi connectivity index (χ1n) is 6.16. The Balaban J connectivity index is 2.19. The van der Waals surface area contributed by atoms with Crippen LogP contribution in [0.1, 0.15) is 28.8 Å². The van der Waals surface area contributed by atoms with E-state index in [1.165, 1.54) is 0 Å². The van der Waals surface area contributed by atoms with Gasteiger partial charge in [0.1, 0.15) is 5.75 Å². The van der Waals surface area contributed by atoms with E-state index in [0.29, 0.717) is 11.3 Å². The van der Waals surface area contributed by atoms with E-state index in [0.717, 1.165) is 31.5 Å². The van der Waals surface area contributed by atoms with Gasteiger partial charge in [0.15, 0.2) is 0 Å². The third-order valence-electron chi connectivity index (χ3n) is 3.03. The molecule has 0 unspecified atom stereocenters. The lowest BCUT2D eigenvalue weighted by Gasteiger charge is -2.07. The van der Waals surface area contributed by atoms with Crippen molar-refractivity contribution in [1.82, 2.24) is 4.90 Å². The van der Waals surface area contributed by atoms with E-state index in [4.69, 9.17) is 4.74 Å². The highest BCUT2D eigenvalue weighted by molar-refractivity contribution is 6.10. The molecule has 18 heavy (non-hydrogen) atoms. The summed E-state index contributed by atoms with van der Waals surface area (Å²) in [7, 11) is 1.56. The highest BCUT2D eigenvalue weighted by Crippen LogP contribution is 2.19. The lowest BCUT2D eigenvalue weighted by atomic mass is 10.1. The lowest BCUT2D eigenvalue weighted by molar-refractivity contribution is 0.105. The Kier molecular flexibility index (Phi) is 3.88. The van der Waals surface area contributed by atoms with Gasteiger partial charge in [-0.2, -0.15) is 0 Å². The molecule has 0 aliphatic carbocycles. The second-order valence-corrected chi connectivity index (χ2v) is 4.46. The summed E-state index contributed by atoms with van der Waals surface area (Å²) in [4.78, 5) is 14.1. The number of aryl methyl sites for hydroxylation is 1. The maximum atomic E-state index is 12.1. The van der Waals surface area contributed by atoms with Crippen LogP contribution in [-0.2, 0) is 0 Å². The molecule has 1 aromatic carbocycles. The Morgan fingerprint density at radius 2 is 2.06 bits per heavy atom. The Bertz CT molecular complexity index is 505. The number of carbonyl (C=O) groups is 1. The second kappa shape index (κ2) is 5.59. The molecule has 1 fully saturated rings. The number of hydrogen-bond donors (Lipinski definition) is 0. The summed E-state index contributed by atoms with van der Waals surface area (Å²) >= 11 is 0. The standard InChI is InChI=1S/C15H17NO2/c1-12-5-6-15(18-2)13(11-12)14(17)7-10-16-8-3-4-9-16/h5-6,11H,3-4,8-9H2,1-2H3. The van der Waals surface area contributed by atoms with Crippen LogP contribution in [0, 0.1) is 18.9 Å². The molecule has 2 rings (SSSR count). The van der Waals surface area contributed by atoms with Crippen LogP contribution in [0.2, 0.25) is 0 Å². The molecule has 0 saturated carbocycles. The lowest BCUT2D eigenvalue weighted by Crippen LogP contribution is -2.12. The smallest absolute Gasteiger partial charge is 0.241 e. The number of methoxy groups -OCH3 is 1. The molecule has 1 heterocycles. The van der Waals surface area contributed by atoms with E-state index >= 15 is 0 Å². The zero-order chi connectivity index (χ0) is 13.0. The summed E-state index contributed by atoms with van der Waals surface area (Å²) in [6.45, 7) is 3.88. The molecule has 1 aliphatic rings. The normalized spacial score (nSPS) is 14.0. The number of ether oxygens (including phenoxy) is 1. The largest absolute Gasteiger partial charge is 0.496 e. The Morgan fingerprint density at radius 1 is 1.33 bits per heavy atom. The van der Waals surface area contributed by atoms with Gasteiger partial charge >= 0.3 is 0 Å². The molecule has 3 heteroatoms. The first-order chi connectivity index (χ1) is 8.70. The predicted octanol–water partition coefficient (Wildman–Crippen LogP) is 2.24. The average molecular weight is 243 g/mol. The summed E-state index contributed by atoms with van der Waals surface area (Å²) in [5.74, 6) is 3.11. The number of nitrogens with zero attached hydrogens (tertiary/aromatic N) is 1. The SMILES string of the molecule is COc1ccc(C)cc1C(=O)C#CN1CCCC1. The van der Waals surface area contributed by atoms with Crippen molar-refractivity contribution in [1.29, 1.82) is 0 Å². The van der Waals surface area contributed by atoms with Crippen LogP contribution in [0.25, 0.3) is 0 Å². The Morgan fingerprint density at radius 3 is 2.72 bits per heavy atom. The minimum atomic E-state index is -0.178. The highest BCUT2D eigenvalue weighted by atomic mass is 16.5. The van der Waals surface area contributed by atoms with Crippen molar-refractivity contribution in [3.8, 4) is 17.7 Å². The number of ketones is 1. The minimum absolute atomic E-state index is 0.178. The van der Waals surface area contributed by atoms with Crippen molar-refractivity contribution in [2.45, 2.75) is 19.8 Å². The van der Waals surface area contributed by atoms with Crippen LogP contribution in [0.15, 0.2) is 18.2 Å². The molecule has 0 bridgehead atoms. The predicted molar refractivity (Wildman–Crippen MR) is 70.6 cm³/mol. The van der Waals surface area contributed by atoms with Crippen molar-refractivity contribution in [2.75, 3.05) is 20.2 Å². The molecule has 1 saturated heterocycles. The Labute approximate surface area is 108 Å². The van der Waals surface area contributed by atoms with Gasteiger partial charge in [0, 0.05) is 25.1 Å². The first kappa shape index (κ1) is 12.5. The molecular formula is C15H17NO2. The zero-order valence-corrected chi connectivity index (χ0v) is 10.8. The fourth-order valence-corrected chi connectivity index (χ4v) is 2.03. The number of hydrogen-bond acceptors (Lipinski definition) is 3. The van der Waals surface area contributed by atoms with E-state index in [1.807, 2.05) is 24.0 Å². The van der Waals surface area contributed by atoms with Crippen molar-refractivity contribution in [2.24, 2.45) is 0 Å². The van der Waals surface area contributed by atoms with Gasteiger partial charge in [0.2, 0.25) is 5.78 Å². The molecule has 94 valence electrons. The van der Waals surface area contributed by atoms with E-state index in [9.17, 15) is 4.79 Å². The molecule has 1 aliphatic heterocycles. The zero-order valence-electron chi connectivity index (χ0n) is 10.8. The minimum Gasteiger partial charge on any atom is -0.496 e. The fourth-order valence-electron chi connectivity index (χ4n) is 2.03. The number of carbonyl (C=O) groups excluding carboxylic acids is 1. The molecule has 0 radical (unpaired) electrons. The number of rotatable bonds is 2. The van der Waals surface area contributed by atoms with Crippen molar-refractivity contribution in [3.63, 3.8) is 0 Å². The van der Waals surface area contributed by atoms with E-state index in [2.05, 4.69) is 12.0 Å². The van der Waals surface area contributed by atoms with E-state index < -0.39 is 0 Å². The maximum absolute atomic E-state index is 12.1. The summed E-state index contributed by atoms with van der Waals surface area (Å²) in [5.41, 5.74) is 1.58. The van der Waals surface area contributed by atoms with Crippen LogP contribution >= 0.6 is 0 Å². The molecule has 0 spiro atoms. The second-order valence-electron chi connectivity index (χ2n) is 4.46. The quantitative estimate of drug-likeness (QED) is 0.589. The van der Waals surface area contributed by atoms with Gasteiger partial charge in [0.25, 0.3) is 0 Å². The van der Waals surface area contributed by atoms with Crippen LogP contribution in [0.4, 0.5) is 0 Å². The van der Waals surface area contributed by atoms with Crippen LogP contribution in [0.3, 0.4) is 0 Å². The van der Waals surface area contributed by atoms with Crippen LogP contribution in [-0.4, -0.2) is 30.9 Å². The summed E-state index contributed by atoms with van der Waals surface area (Å²) in [6, 6.07) is 8.47. The number of Topliss-reactive ketones (excluding diaryl/α,β-unsaturated/α-hetero) is 1. The summed E-state index contributed by atoms with van der Waals surface area (Å²) < 4.78 is 5.19. The van der Waals surface area contributed by atoms with Gasteiger partial charge in [-0.05, 0) is 31.9 Å². The average Bonchev–Trinajstić information content (AvgIpc) is 2.89. The molecule has 0 atom stereocenters. The van der Waals surface area contributed by atoms with Crippen molar-refractivity contribution in [3.05, 3.63) is 29.3 Å². The van der Waals surface area contributed by atoms with Crippen molar-refractivity contribution < 1.29 is 9.53 Å². The summed E-state index contributed by atoms with van der Waals surface area (Å²) in [5, 5.41) is 0. The van der Waals surface area contributed by atoms with E-state index in [1.54, 1.807) is 13.2 Å². The van der Waals surface area contributed by atoms with Gasteiger partial charge in [-0.15, -0.1) is 0 Å². The third kappa shape index (κ3) is 2.84.